The molecular weight excluding hydrogens is 392 g/mol. The van der Waals surface area contributed by atoms with Crippen LogP contribution in [0.3, 0.4) is 0 Å². The van der Waals surface area contributed by atoms with E-state index in [1.165, 1.54) is 4.57 Å². The van der Waals surface area contributed by atoms with Gasteiger partial charge in [-0.05, 0) is 43.4 Å². The zero-order valence-corrected chi connectivity index (χ0v) is 17.5. The van der Waals surface area contributed by atoms with Gasteiger partial charge < -0.3 is 16.4 Å². The molecule has 0 saturated heterocycles. The number of anilines is 2. The maximum Gasteiger partial charge on any atom is 0.294 e. The Kier molecular flexibility index (Phi) is 5.70. The van der Waals surface area contributed by atoms with Crippen molar-refractivity contribution in [2.24, 2.45) is 5.73 Å². The predicted octanol–water partition coefficient (Wildman–Crippen LogP) is 1.75. The molecular formula is C23H26N6O2. The summed E-state index contributed by atoms with van der Waals surface area (Å²) in [5.41, 5.74) is 14.7. The molecule has 1 aliphatic heterocycles. The second-order valence-corrected chi connectivity index (χ2v) is 7.84. The smallest absolute Gasteiger partial charge is 0.294 e. The number of primary amides is 1. The third-order valence-corrected chi connectivity index (χ3v) is 5.76. The Labute approximate surface area is 180 Å². The van der Waals surface area contributed by atoms with Gasteiger partial charge in [0.05, 0.1) is 0 Å². The van der Waals surface area contributed by atoms with Crippen LogP contribution < -0.4 is 21.9 Å². The highest BCUT2D eigenvalue weighted by Gasteiger charge is 2.30. The molecule has 1 aromatic carbocycles. The van der Waals surface area contributed by atoms with Gasteiger partial charge in [-0.1, -0.05) is 36.4 Å². The average molecular weight is 419 g/mol. The lowest BCUT2D eigenvalue weighted by atomic mass is 10.1. The fourth-order valence-corrected chi connectivity index (χ4v) is 4.07. The first-order valence-corrected chi connectivity index (χ1v) is 10.3. The summed E-state index contributed by atoms with van der Waals surface area (Å²) in [4.78, 5) is 36.0. The van der Waals surface area contributed by atoms with E-state index in [9.17, 15) is 9.59 Å². The summed E-state index contributed by atoms with van der Waals surface area (Å²) in [5, 5.41) is 0. The molecule has 0 aliphatic carbocycles. The first-order chi connectivity index (χ1) is 14.9. The van der Waals surface area contributed by atoms with Crippen molar-refractivity contribution in [3.8, 4) is 0 Å². The van der Waals surface area contributed by atoms with Gasteiger partial charge in [-0.25, -0.2) is 9.97 Å². The normalized spacial score (nSPS) is 14.9. The maximum atomic E-state index is 13.4. The molecule has 8 heteroatoms. The molecule has 0 radical (unpaired) electrons. The van der Waals surface area contributed by atoms with Crippen LogP contribution in [0.15, 0.2) is 53.5 Å². The van der Waals surface area contributed by atoms with Crippen molar-refractivity contribution in [3.63, 3.8) is 0 Å². The summed E-state index contributed by atoms with van der Waals surface area (Å²) < 4.78 is 1.51. The predicted molar refractivity (Wildman–Crippen MR) is 120 cm³/mol. The quantitative estimate of drug-likeness (QED) is 0.603. The zero-order chi connectivity index (χ0) is 22.0. The lowest BCUT2D eigenvalue weighted by Gasteiger charge is -2.25. The van der Waals surface area contributed by atoms with Crippen LogP contribution in [0, 0.1) is 6.92 Å². The van der Waals surface area contributed by atoms with Crippen LogP contribution in [0.2, 0.25) is 0 Å². The molecule has 31 heavy (non-hydrogen) atoms. The molecule has 0 spiro atoms. The fourth-order valence-electron chi connectivity index (χ4n) is 4.07. The van der Waals surface area contributed by atoms with Gasteiger partial charge in [0, 0.05) is 30.7 Å². The van der Waals surface area contributed by atoms with Crippen molar-refractivity contribution in [3.05, 3.63) is 81.5 Å². The molecule has 1 unspecified atom stereocenters. The molecule has 3 heterocycles. The summed E-state index contributed by atoms with van der Waals surface area (Å²) in [6.07, 6.45) is 3.57. The minimum absolute atomic E-state index is 0.284. The molecule has 8 nitrogen and oxygen atoms in total. The van der Waals surface area contributed by atoms with E-state index >= 15 is 0 Å². The summed E-state index contributed by atoms with van der Waals surface area (Å²) in [6.45, 7) is 2.93. The minimum Gasteiger partial charge on any atom is -0.384 e. The van der Waals surface area contributed by atoms with Gasteiger partial charge in [0.1, 0.15) is 11.9 Å². The van der Waals surface area contributed by atoms with Crippen molar-refractivity contribution >= 4 is 17.5 Å². The lowest BCUT2D eigenvalue weighted by molar-refractivity contribution is -0.121. The Morgan fingerprint density at radius 2 is 2.00 bits per heavy atom. The minimum atomic E-state index is -0.625. The van der Waals surface area contributed by atoms with Crippen LogP contribution in [0.1, 0.15) is 35.0 Å². The number of nitrogens with zero attached hydrogens (tertiary/aromatic N) is 4. The van der Waals surface area contributed by atoms with Crippen LogP contribution in [0.25, 0.3) is 0 Å². The highest BCUT2D eigenvalue weighted by molar-refractivity contribution is 5.79. The highest BCUT2D eigenvalue weighted by Crippen LogP contribution is 2.24. The van der Waals surface area contributed by atoms with E-state index in [1.54, 1.807) is 12.3 Å². The largest absolute Gasteiger partial charge is 0.384 e. The Hall–Kier alpha value is -3.68. The van der Waals surface area contributed by atoms with Crippen molar-refractivity contribution in [2.45, 2.75) is 38.8 Å². The number of carbonyl (C=O) groups excluding carboxylic acids is 1. The van der Waals surface area contributed by atoms with E-state index in [4.69, 9.17) is 11.5 Å². The van der Waals surface area contributed by atoms with Gasteiger partial charge in [0.15, 0.2) is 5.82 Å². The van der Waals surface area contributed by atoms with E-state index < -0.39 is 11.9 Å². The van der Waals surface area contributed by atoms with Crippen molar-refractivity contribution < 1.29 is 4.79 Å². The first kappa shape index (κ1) is 20.6. The zero-order valence-electron chi connectivity index (χ0n) is 17.5. The number of carbonyl (C=O) groups is 1. The van der Waals surface area contributed by atoms with E-state index in [1.807, 2.05) is 36.1 Å². The standard InChI is InChI=1S/C23H26N6O2/c1-15-17(7-10-20(24)27-15)14-28(12-11-16-5-3-2-4-6-16)22-23(31)29-18(13-26-22)8-9-19(29)21(25)30/h2-7,10,13,19H,8-9,11-12,14H2,1H3,(H2,24,27)(H2,25,30). The van der Waals surface area contributed by atoms with Gasteiger partial charge in [-0.3, -0.25) is 14.2 Å². The summed E-state index contributed by atoms with van der Waals surface area (Å²) in [5.74, 6) is 0.272. The van der Waals surface area contributed by atoms with Gasteiger partial charge >= 0.3 is 0 Å². The highest BCUT2D eigenvalue weighted by atomic mass is 16.2. The number of fused-ring (bicyclic) bond motifs is 1. The number of aromatic nitrogens is 3. The fraction of sp³-hybridized carbons (Fsp3) is 0.304. The van der Waals surface area contributed by atoms with Crippen LogP contribution >= 0.6 is 0 Å². The molecule has 0 saturated carbocycles. The number of benzene rings is 1. The van der Waals surface area contributed by atoms with Crippen molar-refractivity contribution in [1.82, 2.24) is 14.5 Å². The second kappa shape index (κ2) is 8.59. The maximum absolute atomic E-state index is 13.4. The van der Waals surface area contributed by atoms with E-state index in [-0.39, 0.29) is 5.56 Å². The molecule has 0 bridgehead atoms. The van der Waals surface area contributed by atoms with E-state index in [2.05, 4.69) is 22.1 Å². The molecule has 1 aliphatic rings. The van der Waals surface area contributed by atoms with Gasteiger partial charge in [-0.15, -0.1) is 0 Å². The number of rotatable bonds is 7. The number of hydrogen-bond acceptors (Lipinski definition) is 6. The van der Waals surface area contributed by atoms with Crippen molar-refractivity contribution in [2.75, 3.05) is 17.2 Å². The Morgan fingerprint density at radius 3 is 2.71 bits per heavy atom. The Bertz CT molecular complexity index is 1160. The molecule has 2 aromatic heterocycles. The molecule has 1 amide bonds. The van der Waals surface area contributed by atoms with Crippen LogP contribution in [-0.4, -0.2) is 27.0 Å². The SMILES string of the molecule is Cc1nc(N)ccc1CN(CCc1ccccc1)c1ncc2n(c1=O)C(C(N)=O)CC2. The third kappa shape index (κ3) is 4.28. The molecule has 0 fully saturated rings. The second-order valence-electron chi connectivity index (χ2n) is 7.84. The van der Waals surface area contributed by atoms with Crippen LogP contribution in [0.5, 0.6) is 0 Å². The Balaban J connectivity index is 1.71. The first-order valence-electron chi connectivity index (χ1n) is 10.3. The number of nitrogen functional groups attached to an aromatic ring is 1. The van der Waals surface area contributed by atoms with Crippen LogP contribution in [0.4, 0.5) is 11.6 Å². The number of hydrogen-bond donors (Lipinski definition) is 2. The summed E-state index contributed by atoms with van der Waals surface area (Å²) in [7, 11) is 0. The number of pyridine rings is 1. The third-order valence-electron chi connectivity index (χ3n) is 5.76. The van der Waals surface area contributed by atoms with Crippen molar-refractivity contribution in [1.29, 1.82) is 0 Å². The van der Waals surface area contributed by atoms with Gasteiger partial charge in [-0.2, -0.15) is 0 Å². The monoisotopic (exact) mass is 418 g/mol. The van der Waals surface area contributed by atoms with Gasteiger partial charge in [0.2, 0.25) is 5.91 Å². The van der Waals surface area contributed by atoms with E-state index in [0.29, 0.717) is 37.6 Å². The summed E-state index contributed by atoms with van der Waals surface area (Å²) in [6, 6.07) is 13.1. The van der Waals surface area contributed by atoms with E-state index in [0.717, 1.165) is 28.9 Å². The lowest BCUT2D eigenvalue weighted by Crippen LogP contribution is -2.38. The molecule has 4 N–H and O–H groups in total. The molecule has 1 atom stereocenters. The van der Waals surface area contributed by atoms with Crippen LogP contribution in [-0.2, 0) is 24.2 Å². The molecule has 160 valence electrons. The Morgan fingerprint density at radius 1 is 1.23 bits per heavy atom. The topological polar surface area (TPSA) is 120 Å². The molecule has 4 rings (SSSR count). The van der Waals surface area contributed by atoms with Gasteiger partial charge in [0.25, 0.3) is 5.56 Å². The number of amides is 1. The number of aryl methyl sites for hydroxylation is 2. The average Bonchev–Trinajstić information content (AvgIpc) is 3.19. The molecule has 3 aromatic rings. The summed E-state index contributed by atoms with van der Waals surface area (Å²) >= 11 is 0. The number of nitrogens with two attached hydrogens (primary N) is 2.